The molecule has 0 unspecified atom stereocenters. The molecular weight excluding hydrogens is 520 g/mol. The Morgan fingerprint density at radius 2 is 1.95 bits per heavy atom. The molecule has 10 heteroatoms. The highest BCUT2D eigenvalue weighted by Gasteiger charge is 2.59. The molecule has 5 rings (SSSR count). The Labute approximate surface area is 222 Å². The van der Waals surface area contributed by atoms with Crippen molar-refractivity contribution in [3.05, 3.63) is 75.4 Å². The van der Waals surface area contributed by atoms with Gasteiger partial charge < -0.3 is 24.8 Å². The summed E-state index contributed by atoms with van der Waals surface area (Å²) in [7, 11) is 0. The minimum absolute atomic E-state index is 0.00632. The number of benzene rings is 2. The average molecular weight is 546 g/mol. The highest BCUT2D eigenvalue weighted by molar-refractivity contribution is 6.33. The topological polar surface area (TPSA) is 109 Å². The number of carboxylic acids is 1. The zero-order valence-corrected chi connectivity index (χ0v) is 21.2. The van der Waals surface area contributed by atoms with Crippen molar-refractivity contribution in [2.75, 3.05) is 13.2 Å². The number of aromatic nitrogens is 1. The van der Waals surface area contributed by atoms with Gasteiger partial charge in [-0.2, -0.15) is 0 Å². The number of aliphatic hydroxyl groups excluding tert-OH is 2. The minimum Gasteiger partial charge on any atom is -0.490 e. The van der Waals surface area contributed by atoms with Crippen LogP contribution in [-0.4, -0.2) is 45.6 Å². The summed E-state index contributed by atoms with van der Waals surface area (Å²) < 4.78 is 40.7. The molecule has 3 aromatic rings. The lowest BCUT2D eigenvalue weighted by atomic mass is 9.98. The Hall–Kier alpha value is -3.27. The monoisotopic (exact) mass is 545 g/mol. The summed E-state index contributed by atoms with van der Waals surface area (Å²) in [5.41, 5.74) is 3.66. The van der Waals surface area contributed by atoms with Crippen LogP contribution in [-0.2, 0) is 17.8 Å². The van der Waals surface area contributed by atoms with Gasteiger partial charge in [-0.1, -0.05) is 11.6 Å². The molecule has 1 fully saturated rings. The number of fused-ring (bicyclic) bond motifs is 3. The van der Waals surface area contributed by atoms with Gasteiger partial charge in [0.1, 0.15) is 12.4 Å². The summed E-state index contributed by atoms with van der Waals surface area (Å²) in [6, 6.07) is 7.20. The minimum atomic E-state index is -0.945. The molecule has 1 aromatic heterocycles. The standard InChI is InChI=1S/C28H26ClF2NO6/c1-13-4-24(37-3-2-16(34)11-33)23(31)8-17(13)18-6-15(22(30)9-21(18)29)12-38-25-7-14-5-19-26(20(14)10-32-25)27(19)28(35)36/h4,6-10,16,19,26-27,33-34H,2-3,5,11-12H2,1H3,(H,35,36)/t16-,19-,26-,27+/m1/s1. The van der Waals surface area contributed by atoms with Crippen molar-refractivity contribution in [2.24, 2.45) is 11.8 Å². The highest BCUT2D eigenvalue weighted by Crippen LogP contribution is 2.61. The van der Waals surface area contributed by atoms with Crippen molar-refractivity contribution in [1.29, 1.82) is 0 Å². The van der Waals surface area contributed by atoms with Gasteiger partial charge in [-0.3, -0.25) is 4.79 Å². The normalized spacial score (nSPS) is 20.0. The van der Waals surface area contributed by atoms with Crippen molar-refractivity contribution in [1.82, 2.24) is 4.98 Å². The number of nitrogens with zero attached hydrogens (tertiary/aromatic N) is 1. The van der Waals surface area contributed by atoms with Crippen LogP contribution in [0, 0.1) is 30.4 Å². The van der Waals surface area contributed by atoms with Gasteiger partial charge in [0, 0.05) is 35.7 Å². The molecule has 0 radical (unpaired) electrons. The molecule has 3 N–H and O–H groups in total. The molecule has 0 bridgehead atoms. The van der Waals surface area contributed by atoms with Crippen LogP contribution in [0.2, 0.25) is 5.02 Å². The molecule has 2 aromatic carbocycles. The molecule has 0 amide bonds. The van der Waals surface area contributed by atoms with Crippen molar-refractivity contribution in [3.8, 4) is 22.8 Å². The smallest absolute Gasteiger partial charge is 0.307 e. The van der Waals surface area contributed by atoms with Gasteiger partial charge in [0.25, 0.3) is 0 Å². The van der Waals surface area contributed by atoms with E-state index in [4.69, 9.17) is 26.2 Å². The number of hydrogen-bond donors (Lipinski definition) is 3. The number of hydrogen-bond acceptors (Lipinski definition) is 6. The molecule has 2 aliphatic carbocycles. The maximum atomic E-state index is 14.8. The lowest BCUT2D eigenvalue weighted by Gasteiger charge is -2.15. The summed E-state index contributed by atoms with van der Waals surface area (Å²) in [6.45, 7) is 1.22. The summed E-state index contributed by atoms with van der Waals surface area (Å²) in [5.74, 6) is -1.94. The molecule has 7 nitrogen and oxygen atoms in total. The van der Waals surface area contributed by atoms with E-state index in [1.165, 1.54) is 18.2 Å². The first kappa shape index (κ1) is 26.3. The number of aliphatic carboxylic acids is 1. The number of halogens is 3. The molecule has 0 spiro atoms. The van der Waals surface area contributed by atoms with Gasteiger partial charge in [-0.25, -0.2) is 13.8 Å². The van der Waals surface area contributed by atoms with E-state index >= 15 is 0 Å². The number of ether oxygens (including phenoxy) is 2. The Morgan fingerprint density at radius 3 is 2.68 bits per heavy atom. The molecule has 0 saturated heterocycles. The summed E-state index contributed by atoms with van der Waals surface area (Å²) in [5, 5.41) is 27.7. The second kappa shape index (κ2) is 10.5. The molecule has 38 heavy (non-hydrogen) atoms. The number of carbonyl (C=O) groups is 1. The Kier molecular flexibility index (Phi) is 7.26. The molecule has 2 aliphatic rings. The van der Waals surface area contributed by atoms with Crippen LogP contribution in [0.4, 0.5) is 8.78 Å². The van der Waals surface area contributed by atoms with Crippen LogP contribution >= 0.6 is 11.6 Å². The number of pyridine rings is 1. The van der Waals surface area contributed by atoms with E-state index in [0.29, 0.717) is 29.0 Å². The largest absolute Gasteiger partial charge is 0.490 e. The Balaban J connectivity index is 1.31. The molecule has 1 heterocycles. The van der Waals surface area contributed by atoms with Gasteiger partial charge in [-0.05, 0) is 65.8 Å². The predicted octanol–water partition coefficient (Wildman–Crippen LogP) is 4.66. The van der Waals surface area contributed by atoms with Crippen LogP contribution in [0.5, 0.6) is 11.6 Å². The van der Waals surface area contributed by atoms with E-state index in [0.717, 1.165) is 17.2 Å². The molecule has 4 atom stereocenters. The average Bonchev–Trinajstić information content (AvgIpc) is 3.47. The highest BCUT2D eigenvalue weighted by atomic mass is 35.5. The van der Waals surface area contributed by atoms with E-state index in [1.807, 2.05) is 0 Å². The summed E-state index contributed by atoms with van der Waals surface area (Å²) in [4.78, 5) is 15.6. The Bertz CT molecular complexity index is 1400. The third kappa shape index (κ3) is 5.06. The first-order valence-corrected chi connectivity index (χ1v) is 12.6. The third-order valence-electron chi connectivity index (χ3n) is 7.27. The fourth-order valence-electron chi connectivity index (χ4n) is 5.20. The van der Waals surface area contributed by atoms with Crippen molar-refractivity contribution in [2.45, 2.75) is 38.4 Å². The van der Waals surface area contributed by atoms with E-state index < -0.39 is 30.3 Å². The first-order chi connectivity index (χ1) is 18.2. The van der Waals surface area contributed by atoms with Crippen LogP contribution in [0.15, 0.2) is 36.5 Å². The van der Waals surface area contributed by atoms with Crippen LogP contribution in [0.1, 0.15) is 34.6 Å². The Morgan fingerprint density at radius 1 is 1.16 bits per heavy atom. The van der Waals surface area contributed by atoms with E-state index in [1.54, 1.807) is 19.2 Å². The maximum Gasteiger partial charge on any atom is 0.307 e. The van der Waals surface area contributed by atoms with Crippen LogP contribution in [0.3, 0.4) is 0 Å². The summed E-state index contributed by atoms with van der Waals surface area (Å²) in [6.07, 6.45) is 1.50. The molecular formula is C28H26ClF2NO6. The number of rotatable bonds is 10. The lowest BCUT2D eigenvalue weighted by Crippen LogP contribution is -2.16. The quantitative estimate of drug-likeness (QED) is 0.340. The van der Waals surface area contributed by atoms with Gasteiger partial charge >= 0.3 is 5.97 Å². The molecule has 1 saturated carbocycles. The number of aliphatic hydroxyl groups is 2. The number of carboxylic acid groups (broad SMARTS) is 1. The maximum absolute atomic E-state index is 14.8. The third-order valence-corrected chi connectivity index (χ3v) is 7.58. The zero-order chi connectivity index (χ0) is 27.1. The predicted molar refractivity (Wildman–Crippen MR) is 134 cm³/mol. The van der Waals surface area contributed by atoms with E-state index in [-0.39, 0.29) is 53.7 Å². The lowest BCUT2D eigenvalue weighted by molar-refractivity contribution is -0.139. The van der Waals surface area contributed by atoms with E-state index in [9.17, 15) is 23.8 Å². The van der Waals surface area contributed by atoms with Gasteiger partial charge in [-0.15, -0.1) is 0 Å². The fraction of sp³-hybridized carbons (Fsp3) is 0.357. The van der Waals surface area contributed by atoms with E-state index in [2.05, 4.69) is 4.98 Å². The van der Waals surface area contributed by atoms with Crippen molar-refractivity contribution < 1.29 is 38.4 Å². The second-order valence-corrected chi connectivity index (χ2v) is 10.2. The SMILES string of the molecule is Cc1cc(OCC[C@@H](O)CO)c(F)cc1-c1cc(COc2cc3c(cn2)[C@H]2[C@@H](C3)[C@@H]2C(=O)O)c(F)cc1Cl. The molecule has 0 aliphatic heterocycles. The molecule has 200 valence electrons. The van der Waals surface area contributed by atoms with Gasteiger partial charge in [0.15, 0.2) is 11.6 Å². The van der Waals surface area contributed by atoms with Crippen molar-refractivity contribution >= 4 is 17.6 Å². The fourth-order valence-corrected chi connectivity index (χ4v) is 5.45. The van der Waals surface area contributed by atoms with Gasteiger partial charge in [0.2, 0.25) is 5.88 Å². The van der Waals surface area contributed by atoms with Crippen LogP contribution in [0.25, 0.3) is 11.1 Å². The van der Waals surface area contributed by atoms with Crippen LogP contribution < -0.4 is 9.47 Å². The van der Waals surface area contributed by atoms with Crippen molar-refractivity contribution in [3.63, 3.8) is 0 Å². The zero-order valence-electron chi connectivity index (χ0n) is 20.5. The summed E-state index contributed by atoms with van der Waals surface area (Å²) >= 11 is 6.33. The van der Waals surface area contributed by atoms with Gasteiger partial charge in [0.05, 0.1) is 30.3 Å². The number of aryl methyl sites for hydroxylation is 1. The second-order valence-electron chi connectivity index (χ2n) is 9.76. The first-order valence-electron chi connectivity index (χ1n) is 12.2.